The molecular formula is C34H41F3N4O6. The van der Waals surface area contributed by atoms with Gasteiger partial charge in [0.1, 0.15) is 11.7 Å². The first-order valence-electron chi connectivity index (χ1n) is 16.5. The number of rotatable bonds is 9. The zero-order valence-electron chi connectivity index (χ0n) is 26.8. The first kappa shape index (κ1) is 32.4. The van der Waals surface area contributed by atoms with Gasteiger partial charge in [0.15, 0.2) is 23.0 Å². The molecular weight excluding hydrogens is 617 g/mol. The second-order valence-electron chi connectivity index (χ2n) is 15.0. The number of hydrogen-bond acceptors (Lipinski definition) is 9. The summed E-state index contributed by atoms with van der Waals surface area (Å²) in [6, 6.07) is -0.0739. The van der Waals surface area contributed by atoms with Crippen LogP contribution < -0.4 is 5.73 Å². The van der Waals surface area contributed by atoms with Crippen molar-refractivity contribution in [1.29, 1.82) is 5.41 Å². The van der Waals surface area contributed by atoms with Gasteiger partial charge < -0.3 is 21.0 Å². The number of phenols is 1. The number of ketones is 3. The fourth-order valence-electron chi connectivity index (χ4n) is 9.57. The first-order valence-corrected chi connectivity index (χ1v) is 16.5. The highest BCUT2D eigenvalue weighted by molar-refractivity contribution is 6.33. The molecule has 6 aliphatic rings. The molecule has 0 aromatic heterocycles. The van der Waals surface area contributed by atoms with E-state index in [0.717, 1.165) is 51.7 Å². The molecule has 0 aliphatic heterocycles. The molecule has 254 valence electrons. The molecule has 4 N–H and O–H groups in total. The number of likely N-dealkylation sites (N-methyl/N-ethyl adjacent to an activating group) is 1. The molecule has 7 rings (SSSR count). The van der Waals surface area contributed by atoms with E-state index in [0.29, 0.717) is 18.4 Å². The van der Waals surface area contributed by atoms with E-state index in [9.17, 15) is 24.3 Å². The predicted octanol–water partition coefficient (Wildman–Crippen LogP) is 3.15. The second-order valence-corrected chi connectivity index (χ2v) is 15.0. The van der Waals surface area contributed by atoms with E-state index in [4.69, 9.17) is 15.9 Å². The van der Waals surface area contributed by atoms with Gasteiger partial charge >= 0.3 is 6.18 Å². The number of nitrogens with one attached hydrogen (secondary N) is 1. The smallest absolute Gasteiger partial charge is 0.417 e. The summed E-state index contributed by atoms with van der Waals surface area (Å²) in [6.45, 7) is 0.699. The monoisotopic (exact) mass is 658 g/mol. The minimum Gasteiger partial charge on any atom is -0.507 e. The van der Waals surface area contributed by atoms with E-state index in [1.54, 1.807) is 14.1 Å². The molecule has 0 saturated heterocycles. The van der Waals surface area contributed by atoms with Gasteiger partial charge in [-0.25, -0.2) is 0 Å². The summed E-state index contributed by atoms with van der Waals surface area (Å²) in [7, 11) is 4.26. The van der Waals surface area contributed by atoms with Gasteiger partial charge in [0.25, 0.3) is 0 Å². The van der Waals surface area contributed by atoms with Crippen LogP contribution in [0.15, 0.2) is 6.07 Å². The van der Waals surface area contributed by atoms with Crippen LogP contribution >= 0.6 is 0 Å². The van der Waals surface area contributed by atoms with Gasteiger partial charge in [-0.3, -0.25) is 29.0 Å². The van der Waals surface area contributed by atoms with Crippen molar-refractivity contribution >= 4 is 29.0 Å². The largest absolute Gasteiger partial charge is 0.507 e. The number of carbonyl (C=O) groups is 4. The number of amides is 1. The number of alkyl halides is 3. The van der Waals surface area contributed by atoms with Gasteiger partial charge in [-0.2, -0.15) is 13.2 Å². The zero-order valence-corrected chi connectivity index (χ0v) is 26.8. The highest BCUT2D eigenvalue weighted by Gasteiger charge is 2.69. The molecule has 1 amide bonds. The minimum absolute atomic E-state index is 0.00217. The maximum Gasteiger partial charge on any atom is 0.417 e. The average molecular weight is 659 g/mol. The summed E-state index contributed by atoms with van der Waals surface area (Å²) in [5.74, 6) is -8.74. The number of nitrogens with zero attached hydrogens (tertiary/aromatic N) is 2. The van der Waals surface area contributed by atoms with Gasteiger partial charge in [-0.15, -0.1) is 0 Å². The maximum absolute atomic E-state index is 15.2. The highest BCUT2D eigenvalue weighted by atomic mass is 19.4. The molecule has 1 aromatic carbocycles. The van der Waals surface area contributed by atoms with E-state index in [1.165, 1.54) is 4.90 Å². The molecule has 1 aromatic rings. The number of halogens is 3. The molecule has 5 saturated carbocycles. The Hall–Kier alpha value is -3.16. The lowest BCUT2D eigenvalue weighted by Crippen LogP contribution is -2.74. The Morgan fingerprint density at radius 2 is 1.81 bits per heavy atom. The lowest BCUT2D eigenvalue weighted by Gasteiger charge is -2.55. The minimum atomic E-state index is -4.85. The van der Waals surface area contributed by atoms with Crippen molar-refractivity contribution in [3.05, 3.63) is 28.3 Å². The van der Waals surface area contributed by atoms with Gasteiger partial charge in [0.2, 0.25) is 5.91 Å². The first-order chi connectivity index (χ1) is 22.1. The molecule has 0 heterocycles. The summed E-state index contributed by atoms with van der Waals surface area (Å²) in [5, 5.41) is 20.1. The molecule has 10 nitrogen and oxygen atoms in total. The third-order valence-electron chi connectivity index (χ3n) is 12.0. The molecule has 6 unspecified atom stereocenters. The molecule has 6 aliphatic carbocycles. The quantitative estimate of drug-likeness (QED) is 0.342. The topological polar surface area (TPSA) is 154 Å². The normalized spacial score (nSPS) is 33.1. The molecule has 0 bridgehead atoms. The van der Waals surface area contributed by atoms with Crippen LogP contribution in [0.5, 0.6) is 5.75 Å². The molecule has 13 heteroatoms. The molecule has 6 atom stereocenters. The number of Topliss-reactive ketones (excluding diaryl/α,β-unsaturated/α-hetero) is 3. The van der Waals surface area contributed by atoms with Crippen LogP contribution in [0.25, 0.3) is 0 Å². The van der Waals surface area contributed by atoms with Crippen molar-refractivity contribution in [1.82, 2.24) is 9.80 Å². The number of fused-ring (bicyclic) bond motifs is 3. The summed E-state index contributed by atoms with van der Waals surface area (Å²) in [5.41, 5.74) is 0.689. The van der Waals surface area contributed by atoms with Crippen molar-refractivity contribution in [2.24, 2.45) is 41.2 Å². The summed E-state index contributed by atoms with van der Waals surface area (Å²) in [4.78, 5) is 58.3. The Morgan fingerprint density at radius 3 is 2.32 bits per heavy atom. The van der Waals surface area contributed by atoms with Crippen molar-refractivity contribution in [2.45, 2.75) is 81.3 Å². The van der Waals surface area contributed by atoms with Gasteiger partial charge in [0.05, 0.1) is 28.8 Å². The Labute approximate surface area is 270 Å². The average Bonchev–Trinajstić information content (AvgIpc) is 3.81. The third-order valence-corrected chi connectivity index (χ3v) is 12.0. The number of methoxy groups -OCH3 is 1. The van der Waals surface area contributed by atoms with Crippen molar-refractivity contribution in [2.75, 3.05) is 27.7 Å². The van der Waals surface area contributed by atoms with Crippen LogP contribution in [0.3, 0.4) is 0 Å². The Bertz CT molecular complexity index is 1600. The number of hydrogen-bond donors (Lipinski definition) is 3. The van der Waals surface area contributed by atoms with E-state index in [-0.39, 0.29) is 36.1 Å². The van der Waals surface area contributed by atoms with Crippen LogP contribution in [0.4, 0.5) is 13.2 Å². The molecule has 5 fully saturated rings. The van der Waals surface area contributed by atoms with E-state index < -0.39 is 87.3 Å². The number of primary amides is 1. The maximum atomic E-state index is 15.2. The van der Waals surface area contributed by atoms with Crippen molar-refractivity contribution in [3.8, 4) is 5.75 Å². The Kier molecular flexibility index (Phi) is 7.35. The van der Waals surface area contributed by atoms with Crippen molar-refractivity contribution in [3.63, 3.8) is 0 Å². The molecule has 47 heavy (non-hydrogen) atoms. The SMILES string of the molecule is COC12C(=N)C(C(N)=O)C(=O)C(N(C)C)C1CC1Cc3c(c(O)cc(CN(CC4CC4)C4(C5CC5)CC4)c3C(F)(F)F)C(=O)C1C2=O. The van der Waals surface area contributed by atoms with Gasteiger partial charge in [0, 0.05) is 31.7 Å². The predicted molar refractivity (Wildman–Crippen MR) is 162 cm³/mol. The Balaban J connectivity index is 1.33. The summed E-state index contributed by atoms with van der Waals surface area (Å²) >= 11 is 0. The van der Waals surface area contributed by atoms with Gasteiger partial charge in [-0.05, 0) is 100 Å². The van der Waals surface area contributed by atoms with E-state index >= 15 is 13.2 Å². The van der Waals surface area contributed by atoms with Crippen LogP contribution in [-0.4, -0.2) is 88.8 Å². The lowest BCUT2D eigenvalue weighted by atomic mass is 9.51. The molecule has 0 radical (unpaired) electrons. The Morgan fingerprint density at radius 1 is 1.15 bits per heavy atom. The zero-order chi connectivity index (χ0) is 34.0. The summed E-state index contributed by atoms with van der Waals surface area (Å²) in [6.07, 6.45) is 0.811. The highest BCUT2D eigenvalue weighted by Crippen LogP contribution is 2.59. The lowest BCUT2D eigenvalue weighted by molar-refractivity contribution is -0.161. The second kappa shape index (κ2) is 10.7. The van der Waals surface area contributed by atoms with E-state index in [1.807, 2.05) is 0 Å². The number of benzene rings is 1. The molecule has 0 spiro atoms. The third kappa shape index (κ3) is 4.74. The van der Waals surface area contributed by atoms with Crippen LogP contribution in [0.1, 0.15) is 72.0 Å². The van der Waals surface area contributed by atoms with E-state index in [2.05, 4.69) is 4.90 Å². The van der Waals surface area contributed by atoms with Crippen LogP contribution in [0, 0.1) is 40.9 Å². The van der Waals surface area contributed by atoms with Gasteiger partial charge in [-0.1, -0.05) is 0 Å². The van der Waals surface area contributed by atoms with Crippen LogP contribution in [0.2, 0.25) is 0 Å². The number of carbonyl (C=O) groups excluding carboxylic acids is 4. The van der Waals surface area contributed by atoms with Crippen LogP contribution in [-0.2, 0) is 38.3 Å². The standard InChI is InChI=1S/C34H41F3N4O6/c1-40(2)26-20-11-16-10-19-23(27(43)22(16)30(45)33(20,47-3)29(38)24(28(26)44)31(39)46)21(42)12-17(25(19)34(35,36)37)14-41(13-15-4-5-15)32(8-9-32)18-6-7-18/h12,15-16,18,20,22,24,26,38,42H,4-11,13-14H2,1-3H3,(H2,39,46). The number of phenolic OH excluding ortho intramolecular Hbond substituents is 1. The fraction of sp³-hybridized carbons (Fsp3) is 0.676. The fourth-order valence-corrected chi connectivity index (χ4v) is 9.57. The number of ether oxygens (including phenoxy) is 1. The summed E-state index contributed by atoms with van der Waals surface area (Å²) < 4.78 is 51.2. The number of nitrogens with two attached hydrogens (primary N) is 1. The number of aromatic hydroxyl groups is 1. The van der Waals surface area contributed by atoms with Crippen molar-refractivity contribution < 1.29 is 42.2 Å².